The van der Waals surface area contributed by atoms with Gasteiger partial charge in [-0.05, 0) is 31.4 Å². The van der Waals surface area contributed by atoms with E-state index < -0.39 is 0 Å². The Morgan fingerprint density at radius 2 is 1.77 bits per heavy atom. The van der Waals surface area contributed by atoms with Crippen molar-refractivity contribution in [2.45, 2.75) is 26.2 Å². The zero-order valence-corrected chi connectivity index (χ0v) is 18.5. The van der Waals surface area contributed by atoms with Crippen LogP contribution in [0.15, 0.2) is 60.0 Å². The SMILES string of the molecule is Cc1ccccc1C(=O)N1CCC(C(=O)NCCc2csc(-c3ccccc3)n2)CC1. The first-order valence-electron chi connectivity index (χ1n) is 10.7. The van der Waals surface area contributed by atoms with E-state index in [1.54, 1.807) is 11.3 Å². The molecule has 0 saturated carbocycles. The van der Waals surface area contributed by atoms with Gasteiger partial charge in [-0.1, -0.05) is 48.5 Å². The summed E-state index contributed by atoms with van der Waals surface area (Å²) in [4.78, 5) is 31.9. The number of benzene rings is 2. The fourth-order valence-electron chi connectivity index (χ4n) is 3.92. The Labute approximate surface area is 187 Å². The molecule has 160 valence electrons. The van der Waals surface area contributed by atoms with Crippen molar-refractivity contribution >= 4 is 23.2 Å². The standard InChI is InChI=1S/C25H27N3O2S/c1-18-7-5-6-10-22(18)25(30)28-15-12-19(13-16-28)23(29)26-14-11-21-17-31-24(27-21)20-8-3-2-4-9-20/h2-10,17,19H,11-16H2,1H3,(H,26,29). The Balaban J connectivity index is 1.22. The number of hydrogen-bond donors (Lipinski definition) is 1. The molecule has 0 bridgehead atoms. The van der Waals surface area contributed by atoms with Gasteiger partial charge < -0.3 is 10.2 Å². The average molecular weight is 434 g/mol. The highest BCUT2D eigenvalue weighted by atomic mass is 32.1. The van der Waals surface area contributed by atoms with E-state index in [1.807, 2.05) is 54.3 Å². The number of hydrogen-bond acceptors (Lipinski definition) is 4. The molecule has 1 aliphatic heterocycles. The molecule has 31 heavy (non-hydrogen) atoms. The number of amides is 2. The zero-order chi connectivity index (χ0) is 21.6. The number of aryl methyl sites for hydroxylation is 1. The van der Waals surface area contributed by atoms with Crippen LogP contribution in [0.3, 0.4) is 0 Å². The summed E-state index contributed by atoms with van der Waals surface area (Å²) in [6.45, 7) is 3.78. The van der Waals surface area contributed by atoms with Crippen LogP contribution in [0.1, 0.15) is 34.5 Å². The minimum absolute atomic E-state index is 0.0313. The second kappa shape index (κ2) is 9.88. The fraction of sp³-hybridized carbons (Fsp3) is 0.320. The van der Waals surface area contributed by atoms with E-state index in [4.69, 9.17) is 0 Å². The second-order valence-corrected chi connectivity index (χ2v) is 8.79. The van der Waals surface area contributed by atoms with Gasteiger partial charge in [0.1, 0.15) is 5.01 Å². The lowest BCUT2D eigenvalue weighted by Gasteiger charge is -2.31. The van der Waals surface area contributed by atoms with E-state index in [0.29, 0.717) is 32.5 Å². The summed E-state index contributed by atoms with van der Waals surface area (Å²) in [6, 6.07) is 17.8. The molecule has 0 radical (unpaired) electrons. The highest BCUT2D eigenvalue weighted by molar-refractivity contribution is 7.13. The van der Waals surface area contributed by atoms with Gasteiger partial charge in [0.2, 0.25) is 5.91 Å². The van der Waals surface area contributed by atoms with Crippen LogP contribution >= 0.6 is 11.3 Å². The van der Waals surface area contributed by atoms with E-state index >= 15 is 0 Å². The van der Waals surface area contributed by atoms with Crippen molar-refractivity contribution in [3.8, 4) is 10.6 Å². The van der Waals surface area contributed by atoms with E-state index in [9.17, 15) is 9.59 Å². The van der Waals surface area contributed by atoms with E-state index in [1.165, 1.54) is 0 Å². The van der Waals surface area contributed by atoms with Crippen molar-refractivity contribution in [2.24, 2.45) is 5.92 Å². The van der Waals surface area contributed by atoms with Crippen molar-refractivity contribution in [3.05, 3.63) is 76.8 Å². The summed E-state index contributed by atoms with van der Waals surface area (Å²) in [5.74, 6) is 0.118. The van der Waals surface area contributed by atoms with Crippen LogP contribution in [0.25, 0.3) is 10.6 Å². The first-order chi connectivity index (χ1) is 15.1. The van der Waals surface area contributed by atoms with Crippen LogP contribution in [0, 0.1) is 12.8 Å². The monoisotopic (exact) mass is 433 g/mol. The minimum Gasteiger partial charge on any atom is -0.355 e. The number of nitrogens with one attached hydrogen (secondary N) is 1. The highest BCUT2D eigenvalue weighted by Gasteiger charge is 2.28. The molecule has 1 N–H and O–H groups in total. The minimum atomic E-state index is -0.0313. The predicted octanol–water partition coefficient (Wildman–Crippen LogP) is 4.33. The number of likely N-dealkylation sites (tertiary alicyclic amines) is 1. The molecule has 0 aliphatic carbocycles. The number of nitrogens with zero attached hydrogens (tertiary/aromatic N) is 2. The number of carbonyl (C=O) groups is 2. The molecule has 3 aromatic rings. The summed E-state index contributed by atoms with van der Waals surface area (Å²) in [5.41, 5.74) is 3.87. The summed E-state index contributed by atoms with van der Waals surface area (Å²) in [6.07, 6.45) is 2.14. The third-order valence-corrected chi connectivity index (χ3v) is 6.72. The van der Waals surface area contributed by atoms with Gasteiger partial charge in [0.05, 0.1) is 5.69 Å². The lowest BCUT2D eigenvalue weighted by Crippen LogP contribution is -2.43. The molecule has 0 atom stereocenters. The summed E-state index contributed by atoms with van der Waals surface area (Å²) in [5, 5.41) is 6.12. The van der Waals surface area contributed by atoms with E-state index in [-0.39, 0.29) is 17.7 Å². The maximum atomic E-state index is 12.7. The van der Waals surface area contributed by atoms with Gasteiger partial charge in [0.15, 0.2) is 0 Å². The van der Waals surface area contributed by atoms with Crippen molar-refractivity contribution in [3.63, 3.8) is 0 Å². The molecule has 5 nitrogen and oxygen atoms in total. The average Bonchev–Trinajstić information content (AvgIpc) is 3.28. The lowest BCUT2D eigenvalue weighted by atomic mass is 9.95. The number of piperidine rings is 1. The van der Waals surface area contributed by atoms with Crippen molar-refractivity contribution in [2.75, 3.05) is 19.6 Å². The molecule has 2 amide bonds. The Morgan fingerprint density at radius 3 is 2.52 bits per heavy atom. The number of rotatable bonds is 6. The lowest BCUT2D eigenvalue weighted by molar-refractivity contribution is -0.126. The first-order valence-corrected chi connectivity index (χ1v) is 11.6. The Kier molecular flexibility index (Phi) is 6.77. The fourth-order valence-corrected chi connectivity index (χ4v) is 4.78. The normalized spacial score (nSPS) is 14.4. The molecular weight excluding hydrogens is 406 g/mol. The molecule has 2 aromatic carbocycles. The molecule has 1 saturated heterocycles. The Bertz CT molecular complexity index is 1040. The molecule has 1 fully saturated rings. The Morgan fingerprint density at radius 1 is 1.06 bits per heavy atom. The number of carbonyl (C=O) groups excluding carboxylic acids is 2. The van der Waals surface area contributed by atoms with Gasteiger partial charge >= 0.3 is 0 Å². The summed E-state index contributed by atoms with van der Waals surface area (Å²) in [7, 11) is 0. The molecule has 6 heteroatoms. The van der Waals surface area contributed by atoms with Gasteiger partial charge in [-0.3, -0.25) is 9.59 Å². The molecule has 4 rings (SSSR count). The van der Waals surface area contributed by atoms with Crippen LogP contribution in [-0.2, 0) is 11.2 Å². The topological polar surface area (TPSA) is 62.3 Å². The van der Waals surface area contributed by atoms with Crippen LogP contribution in [0.4, 0.5) is 0 Å². The molecule has 0 unspecified atom stereocenters. The van der Waals surface area contributed by atoms with E-state index in [2.05, 4.69) is 27.8 Å². The third kappa shape index (κ3) is 5.20. The van der Waals surface area contributed by atoms with Crippen LogP contribution in [-0.4, -0.2) is 41.3 Å². The molecule has 0 spiro atoms. The predicted molar refractivity (Wildman–Crippen MR) is 124 cm³/mol. The van der Waals surface area contributed by atoms with Gasteiger partial charge in [0, 0.05) is 48.5 Å². The van der Waals surface area contributed by atoms with Crippen molar-refractivity contribution in [1.29, 1.82) is 0 Å². The number of thiazole rings is 1. The molecule has 2 heterocycles. The van der Waals surface area contributed by atoms with Gasteiger partial charge in [-0.15, -0.1) is 11.3 Å². The van der Waals surface area contributed by atoms with Crippen LogP contribution in [0.2, 0.25) is 0 Å². The molecular formula is C25H27N3O2S. The second-order valence-electron chi connectivity index (χ2n) is 7.93. The van der Waals surface area contributed by atoms with Crippen LogP contribution < -0.4 is 5.32 Å². The molecule has 1 aliphatic rings. The first kappa shape index (κ1) is 21.2. The number of aromatic nitrogens is 1. The third-order valence-electron chi connectivity index (χ3n) is 5.78. The maximum absolute atomic E-state index is 12.7. The summed E-state index contributed by atoms with van der Waals surface area (Å²) < 4.78 is 0. The van der Waals surface area contributed by atoms with E-state index in [0.717, 1.165) is 33.8 Å². The molecule has 1 aromatic heterocycles. The Hall–Kier alpha value is -2.99. The zero-order valence-electron chi connectivity index (χ0n) is 17.7. The van der Waals surface area contributed by atoms with Crippen molar-refractivity contribution in [1.82, 2.24) is 15.2 Å². The van der Waals surface area contributed by atoms with Crippen molar-refractivity contribution < 1.29 is 9.59 Å². The largest absolute Gasteiger partial charge is 0.355 e. The van der Waals surface area contributed by atoms with Gasteiger partial charge in [0.25, 0.3) is 5.91 Å². The quantitative estimate of drug-likeness (QED) is 0.629. The highest BCUT2D eigenvalue weighted by Crippen LogP contribution is 2.24. The van der Waals surface area contributed by atoms with Crippen LogP contribution in [0.5, 0.6) is 0 Å². The van der Waals surface area contributed by atoms with Gasteiger partial charge in [-0.2, -0.15) is 0 Å². The summed E-state index contributed by atoms with van der Waals surface area (Å²) >= 11 is 1.63. The maximum Gasteiger partial charge on any atom is 0.254 e. The van der Waals surface area contributed by atoms with Gasteiger partial charge in [-0.25, -0.2) is 4.98 Å². The smallest absolute Gasteiger partial charge is 0.254 e.